The molecule has 12 heteroatoms. The van der Waals surface area contributed by atoms with Gasteiger partial charge in [0, 0.05) is 12.1 Å². The van der Waals surface area contributed by atoms with E-state index in [0.717, 1.165) is 5.56 Å². The van der Waals surface area contributed by atoms with Crippen molar-refractivity contribution in [2.45, 2.75) is 19.3 Å². The average molecular weight is 475 g/mol. The summed E-state index contributed by atoms with van der Waals surface area (Å²) in [5.74, 6) is 0.610. The highest BCUT2D eigenvalue weighted by Crippen LogP contribution is 2.25. The molecule has 0 aliphatic carbocycles. The van der Waals surface area contributed by atoms with Crippen LogP contribution in [0.3, 0.4) is 0 Å². The first-order chi connectivity index (χ1) is 16.1. The minimum atomic E-state index is -4.46. The lowest BCUT2D eigenvalue weighted by atomic mass is 10.1. The molecule has 0 fully saturated rings. The second-order valence-electron chi connectivity index (χ2n) is 7.43. The molecule has 4 N–H and O–H groups in total. The van der Waals surface area contributed by atoms with E-state index < -0.39 is 18.6 Å². The van der Waals surface area contributed by atoms with Crippen molar-refractivity contribution in [1.29, 1.82) is 0 Å². The number of carbonyl (C=O) groups excluding carboxylic acids is 1. The summed E-state index contributed by atoms with van der Waals surface area (Å²) in [6.45, 7) is -0.550. The molecule has 0 atom stereocenters. The predicted octanol–water partition coefficient (Wildman–Crippen LogP) is 3.13. The molecule has 0 saturated carbocycles. The second kappa shape index (κ2) is 10.8. The van der Waals surface area contributed by atoms with Crippen LogP contribution in [0.25, 0.3) is 0 Å². The standard InChI is InChI=1S/C22H24F3N7O2/c1-32(11-14-7-9-15(10-8-14)19(33)27-13-22(23,24)25)12-18-29-20(26)31-21(30-18)28-16-5-3-4-6-17(16)34-2/h3-10H,11-13H2,1-2H3,(H,27,33)(H3,26,28,29,30,31). The lowest BCUT2D eigenvalue weighted by Crippen LogP contribution is -2.33. The van der Waals surface area contributed by atoms with Crippen molar-refractivity contribution < 1.29 is 22.7 Å². The molecule has 9 nitrogen and oxygen atoms in total. The Balaban J connectivity index is 1.61. The molecule has 180 valence electrons. The third kappa shape index (κ3) is 7.30. The zero-order valence-electron chi connectivity index (χ0n) is 18.6. The van der Waals surface area contributed by atoms with Crippen molar-refractivity contribution in [2.75, 3.05) is 31.8 Å². The largest absolute Gasteiger partial charge is 0.495 e. The smallest absolute Gasteiger partial charge is 0.405 e. The molecule has 3 aromatic rings. The maximum absolute atomic E-state index is 12.3. The molecule has 1 heterocycles. The number of nitrogen functional groups attached to an aromatic ring is 1. The summed E-state index contributed by atoms with van der Waals surface area (Å²) in [5.41, 5.74) is 7.52. The van der Waals surface area contributed by atoms with Gasteiger partial charge in [-0.3, -0.25) is 9.69 Å². The van der Waals surface area contributed by atoms with Crippen molar-refractivity contribution in [3.8, 4) is 5.75 Å². The number of hydrogen-bond acceptors (Lipinski definition) is 8. The van der Waals surface area contributed by atoms with Gasteiger partial charge >= 0.3 is 6.18 Å². The van der Waals surface area contributed by atoms with Crippen LogP contribution in [0.15, 0.2) is 48.5 Å². The van der Waals surface area contributed by atoms with Crippen molar-refractivity contribution in [3.05, 3.63) is 65.5 Å². The third-order valence-corrected chi connectivity index (χ3v) is 4.58. The summed E-state index contributed by atoms with van der Waals surface area (Å²) in [4.78, 5) is 26.4. The van der Waals surface area contributed by atoms with Crippen LogP contribution in [0.4, 0.5) is 30.8 Å². The molecule has 1 amide bonds. The highest BCUT2D eigenvalue weighted by atomic mass is 19.4. The molecule has 0 saturated heterocycles. The number of carbonyl (C=O) groups is 1. The average Bonchev–Trinajstić information content (AvgIpc) is 2.77. The van der Waals surface area contributed by atoms with E-state index in [0.29, 0.717) is 30.4 Å². The number of nitrogens with one attached hydrogen (secondary N) is 2. The zero-order chi connectivity index (χ0) is 24.7. The lowest BCUT2D eigenvalue weighted by molar-refractivity contribution is -0.123. The summed E-state index contributed by atoms with van der Waals surface area (Å²) >= 11 is 0. The number of nitrogens with zero attached hydrogens (tertiary/aromatic N) is 4. The van der Waals surface area contributed by atoms with E-state index in [-0.39, 0.29) is 17.5 Å². The summed E-state index contributed by atoms with van der Waals surface area (Å²) in [7, 11) is 3.40. The lowest BCUT2D eigenvalue weighted by Gasteiger charge is -2.17. The number of hydrogen-bond donors (Lipinski definition) is 3. The van der Waals surface area contributed by atoms with E-state index in [1.807, 2.05) is 35.5 Å². The quantitative estimate of drug-likeness (QED) is 0.432. The number of benzene rings is 2. The first-order valence-electron chi connectivity index (χ1n) is 10.2. The van der Waals surface area contributed by atoms with Crippen LogP contribution in [-0.2, 0) is 13.1 Å². The molecule has 0 bridgehead atoms. The molecular formula is C22H24F3N7O2. The van der Waals surface area contributed by atoms with E-state index in [1.165, 1.54) is 12.1 Å². The van der Waals surface area contributed by atoms with Gasteiger partial charge in [-0.1, -0.05) is 24.3 Å². The Morgan fingerprint density at radius 3 is 2.44 bits per heavy atom. The Morgan fingerprint density at radius 1 is 1.06 bits per heavy atom. The maximum atomic E-state index is 12.3. The fourth-order valence-electron chi connectivity index (χ4n) is 3.09. The minimum Gasteiger partial charge on any atom is -0.495 e. The Labute approximate surface area is 194 Å². The van der Waals surface area contributed by atoms with E-state index in [9.17, 15) is 18.0 Å². The molecule has 2 aromatic carbocycles. The predicted molar refractivity (Wildman–Crippen MR) is 121 cm³/mol. The number of amides is 1. The van der Waals surface area contributed by atoms with Gasteiger partial charge in [0.2, 0.25) is 11.9 Å². The number of ether oxygens (including phenoxy) is 1. The third-order valence-electron chi connectivity index (χ3n) is 4.58. The van der Waals surface area contributed by atoms with E-state index in [4.69, 9.17) is 10.5 Å². The van der Waals surface area contributed by atoms with Gasteiger partial charge in [-0.05, 0) is 36.9 Å². The van der Waals surface area contributed by atoms with Gasteiger partial charge < -0.3 is 21.1 Å². The number of nitrogens with two attached hydrogens (primary N) is 1. The molecule has 1 aromatic heterocycles. The van der Waals surface area contributed by atoms with Crippen molar-refractivity contribution >= 4 is 23.5 Å². The van der Waals surface area contributed by atoms with E-state index in [1.54, 1.807) is 25.3 Å². The molecule has 0 aliphatic heterocycles. The van der Waals surface area contributed by atoms with Crippen molar-refractivity contribution in [1.82, 2.24) is 25.2 Å². The van der Waals surface area contributed by atoms with Crippen molar-refractivity contribution in [2.24, 2.45) is 0 Å². The molecule has 0 radical (unpaired) electrons. The van der Waals surface area contributed by atoms with Gasteiger partial charge in [0.1, 0.15) is 18.1 Å². The van der Waals surface area contributed by atoms with E-state index >= 15 is 0 Å². The van der Waals surface area contributed by atoms with Gasteiger partial charge in [-0.2, -0.15) is 28.1 Å². The van der Waals surface area contributed by atoms with Gasteiger partial charge in [0.05, 0.1) is 19.3 Å². The molecule has 0 aliphatic rings. The molecular weight excluding hydrogens is 451 g/mol. The van der Waals surface area contributed by atoms with Crippen LogP contribution in [-0.4, -0.2) is 52.6 Å². The maximum Gasteiger partial charge on any atom is 0.405 e. The number of rotatable bonds is 9. The number of para-hydroxylation sites is 2. The Kier molecular flexibility index (Phi) is 7.84. The monoisotopic (exact) mass is 475 g/mol. The van der Waals surface area contributed by atoms with Gasteiger partial charge in [-0.15, -0.1) is 0 Å². The highest BCUT2D eigenvalue weighted by Gasteiger charge is 2.27. The first-order valence-corrected chi connectivity index (χ1v) is 10.2. The number of alkyl halides is 3. The van der Waals surface area contributed by atoms with Crippen LogP contribution in [0.1, 0.15) is 21.7 Å². The second-order valence-corrected chi connectivity index (χ2v) is 7.43. The number of methoxy groups -OCH3 is 1. The van der Waals surface area contributed by atoms with Crippen LogP contribution in [0.2, 0.25) is 0 Å². The normalized spacial score (nSPS) is 11.4. The highest BCUT2D eigenvalue weighted by molar-refractivity contribution is 5.94. The van der Waals surface area contributed by atoms with Gasteiger partial charge in [0.15, 0.2) is 0 Å². The number of anilines is 3. The zero-order valence-corrected chi connectivity index (χ0v) is 18.6. The first kappa shape index (κ1) is 24.7. The SMILES string of the molecule is COc1ccccc1Nc1nc(N)nc(CN(C)Cc2ccc(C(=O)NCC(F)(F)F)cc2)n1. The number of halogens is 3. The summed E-state index contributed by atoms with van der Waals surface area (Å²) in [5, 5.41) is 4.91. The van der Waals surface area contributed by atoms with Crippen LogP contribution >= 0.6 is 0 Å². The van der Waals surface area contributed by atoms with Crippen LogP contribution in [0.5, 0.6) is 5.75 Å². The van der Waals surface area contributed by atoms with Crippen LogP contribution < -0.4 is 21.1 Å². The fourth-order valence-corrected chi connectivity index (χ4v) is 3.09. The van der Waals surface area contributed by atoms with Crippen molar-refractivity contribution in [3.63, 3.8) is 0 Å². The fraction of sp³-hybridized carbons (Fsp3) is 0.273. The van der Waals surface area contributed by atoms with Gasteiger partial charge in [0.25, 0.3) is 5.91 Å². The summed E-state index contributed by atoms with van der Waals surface area (Å²) in [6.07, 6.45) is -4.46. The Hall–Kier alpha value is -3.93. The molecule has 34 heavy (non-hydrogen) atoms. The molecule has 0 spiro atoms. The van der Waals surface area contributed by atoms with Gasteiger partial charge in [-0.25, -0.2) is 0 Å². The number of aromatic nitrogens is 3. The van der Waals surface area contributed by atoms with Crippen LogP contribution in [0, 0.1) is 0 Å². The topological polar surface area (TPSA) is 118 Å². The molecule has 0 unspecified atom stereocenters. The Bertz CT molecular complexity index is 1120. The molecule has 3 rings (SSSR count). The Morgan fingerprint density at radius 2 is 1.76 bits per heavy atom. The minimum absolute atomic E-state index is 0.0602. The van der Waals surface area contributed by atoms with E-state index in [2.05, 4.69) is 20.3 Å². The summed E-state index contributed by atoms with van der Waals surface area (Å²) < 4.78 is 42.1. The summed E-state index contributed by atoms with van der Waals surface area (Å²) in [6, 6.07) is 13.6.